The molecule has 2 aliphatic rings. The summed E-state index contributed by atoms with van der Waals surface area (Å²) in [4.78, 5) is 28.8. The highest BCUT2D eigenvalue weighted by Crippen LogP contribution is 2.40. The topological polar surface area (TPSA) is 83.2 Å². The second-order valence-corrected chi connectivity index (χ2v) is 8.13. The molecule has 5 rings (SSSR count). The zero-order valence-corrected chi connectivity index (χ0v) is 17.4. The van der Waals surface area contributed by atoms with E-state index in [1.54, 1.807) is 12.1 Å². The fraction of sp³-hybridized carbons (Fsp3) is 0.333. The van der Waals surface area contributed by atoms with Gasteiger partial charge in [-0.3, -0.25) is 4.79 Å². The van der Waals surface area contributed by atoms with Crippen LogP contribution in [-0.4, -0.2) is 43.9 Å². The molecule has 0 aliphatic carbocycles. The molecule has 2 aromatic carbocycles. The number of ether oxygens (including phenoxy) is 1. The Morgan fingerprint density at radius 1 is 1.09 bits per heavy atom. The Bertz CT molecular complexity index is 1230. The number of fused-ring (bicyclic) bond motifs is 1. The lowest BCUT2D eigenvalue weighted by atomic mass is 9.98. The summed E-state index contributed by atoms with van der Waals surface area (Å²) < 4.78 is 25.5. The number of morpholine rings is 1. The maximum atomic E-state index is 13.9. The molecule has 0 amide bonds. The Morgan fingerprint density at radius 2 is 1.91 bits per heavy atom. The molecule has 0 bridgehead atoms. The lowest BCUT2D eigenvalue weighted by molar-refractivity contribution is 0.0697. The zero-order chi connectivity index (χ0) is 22.2. The molecule has 8 heteroatoms. The minimum atomic E-state index is -1.11. The van der Waals surface area contributed by atoms with E-state index >= 15 is 0 Å². The van der Waals surface area contributed by atoms with Gasteiger partial charge in [0.2, 0.25) is 0 Å². The third-order valence-electron chi connectivity index (χ3n) is 6.17. The molecule has 0 unspecified atom stereocenters. The Morgan fingerprint density at radius 3 is 2.66 bits per heavy atom. The van der Waals surface area contributed by atoms with Crippen molar-refractivity contribution in [1.29, 1.82) is 0 Å². The number of hydrogen-bond acceptors (Lipinski definition) is 6. The molecule has 1 atom stereocenters. The van der Waals surface area contributed by atoms with E-state index in [-0.39, 0.29) is 28.2 Å². The maximum absolute atomic E-state index is 13.9. The van der Waals surface area contributed by atoms with E-state index in [1.165, 1.54) is 24.3 Å². The van der Waals surface area contributed by atoms with Crippen molar-refractivity contribution in [3.8, 4) is 0 Å². The van der Waals surface area contributed by atoms with Crippen molar-refractivity contribution in [2.24, 2.45) is 0 Å². The molecular formula is C24H23FN2O5. The first kappa shape index (κ1) is 20.5. The van der Waals surface area contributed by atoms with E-state index in [4.69, 9.17) is 9.15 Å². The Labute approximate surface area is 183 Å². The van der Waals surface area contributed by atoms with E-state index in [9.17, 15) is 19.1 Å². The first-order valence-corrected chi connectivity index (χ1v) is 10.7. The van der Waals surface area contributed by atoms with Gasteiger partial charge < -0.3 is 24.1 Å². The second kappa shape index (κ2) is 8.27. The number of carboxylic acid groups (broad SMARTS) is 1. The lowest BCUT2D eigenvalue weighted by Gasteiger charge is -2.29. The third kappa shape index (κ3) is 3.71. The number of carboxylic acids is 1. The molecule has 166 valence electrons. The summed E-state index contributed by atoms with van der Waals surface area (Å²) in [6.07, 6.45) is 1.59. The molecule has 7 nitrogen and oxygen atoms in total. The summed E-state index contributed by atoms with van der Waals surface area (Å²) in [6.45, 7) is 3.00. The largest absolute Gasteiger partial charge is 0.478 e. The second-order valence-electron chi connectivity index (χ2n) is 8.13. The fourth-order valence-electron chi connectivity index (χ4n) is 4.64. The van der Waals surface area contributed by atoms with Crippen molar-refractivity contribution in [3.63, 3.8) is 0 Å². The predicted octanol–water partition coefficient (Wildman–Crippen LogP) is 3.81. The summed E-state index contributed by atoms with van der Waals surface area (Å²) >= 11 is 0. The highest BCUT2D eigenvalue weighted by atomic mass is 19.1. The SMILES string of the molecule is O=C(O)c1cc([C@H]2CCCN2c2cccc(F)c2)c2oc(N3CCOCC3)cc(=O)c2c1. The van der Waals surface area contributed by atoms with Gasteiger partial charge in [0.1, 0.15) is 11.4 Å². The van der Waals surface area contributed by atoms with Crippen molar-refractivity contribution in [2.45, 2.75) is 18.9 Å². The van der Waals surface area contributed by atoms with Crippen molar-refractivity contribution in [2.75, 3.05) is 42.6 Å². The highest BCUT2D eigenvalue weighted by molar-refractivity contribution is 5.94. The van der Waals surface area contributed by atoms with Crippen molar-refractivity contribution in [3.05, 3.63) is 69.6 Å². The van der Waals surface area contributed by atoms with Crippen molar-refractivity contribution in [1.82, 2.24) is 0 Å². The van der Waals surface area contributed by atoms with Crippen LogP contribution < -0.4 is 15.2 Å². The lowest BCUT2D eigenvalue weighted by Crippen LogP contribution is -2.36. The summed E-state index contributed by atoms with van der Waals surface area (Å²) in [5.41, 5.74) is 1.48. The molecular weight excluding hydrogens is 415 g/mol. The van der Waals surface area contributed by atoms with E-state index in [0.29, 0.717) is 55.6 Å². The molecule has 32 heavy (non-hydrogen) atoms. The van der Waals surface area contributed by atoms with Gasteiger partial charge >= 0.3 is 5.97 Å². The van der Waals surface area contributed by atoms with Crippen LogP contribution in [0.3, 0.4) is 0 Å². The summed E-state index contributed by atoms with van der Waals surface area (Å²) in [5, 5.41) is 9.90. The highest BCUT2D eigenvalue weighted by Gasteiger charge is 2.30. The van der Waals surface area contributed by atoms with Crippen LogP contribution in [0.15, 0.2) is 51.7 Å². The number of benzene rings is 2. The van der Waals surface area contributed by atoms with E-state index < -0.39 is 5.97 Å². The Balaban J connectivity index is 1.68. The monoisotopic (exact) mass is 438 g/mol. The van der Waals surface area contributed by atoms with Gasteiger partial charge in [-0.05, 0) is 43.2 Å². The normalized spacial score (nSPS) is 19.0. The Hall–Kier alpha value is -3.39. The minimum absolute atomic E-state index is 0.0324. The van der Waals surface area contributed by atoms with Crippen LogP contribution in [0.4, 0.5) is 16.0 Å². The molecule has 0 spiro atoms. The minimum Gasteiger partial charge on any atom is -0.478 e. The van der Waals surface area contributed by atoms with Gasteiger partial charge in [-0.1, -0.05) is 6.07 Å². The van der Waals surface area contributed by atoms with Gasteiger partial charge in [0.05, 0.1) is 30.2 Å². The molecule has 2 saturated heterocycles. The van der Waals surface area contributed by atoms with Crippen LogP contribution in [0.2, 0.25) is 0 Å². The number of carbonyl (C=O) groups is 1. The van der Waals surface area contributed by atoms with Gasteiger partial charge in [-0.25, -0.2) is 9.18 Å². The quantitative estimate of drug-likeness (QED) is 0.663. The van der Waals surface area contributed by atoms with Crippen molar-refractivity contribution >= 4 is 28.5 Å². The first-order valence-electron chi connectivity index (χ1n) is 10.7. The summed E-state index contributed by atoms with van der Waals surface area (Å²) in [5.74, 6) is -0.996. The maximum Gasteiger partial charge on any atom is 0.335 e. The summed E-state index contributed by atoms with van der Waals surface area (Å²) in [7, 11) is 0. The standard InChI is InChI=1S/C24H23FN2O5/c25-16-3-1-4-17(13-16)27-6-2-5-20(27)18-11-15(24(29)30)12-19-21(28)14-22(32-23(18)19)26-7-9-31-10-8-26/h1,3-4,11-14,20H,2,5-10H2,(H,29,30)/t20-/m1/s1. The number of aromatic carboxylic acids is 1. The number of hydrogen-bond donors (Lipinski definition) is 1. The molecule has 1 N–H and O–H groups in total. The molecule has 2 fully saturated rings. The number of halogens is 1. The van der Waals surface area contributed by atoms with E-state index in [1.807, 2.05) is 15.9 Å². The van der Waals surface area contributed by atoms with Crippen LogP contribution in [0.1, 0.15) is 34.8 Å². The number of nitrogens with zero attached hydrogens (tertiary/aromatic N) is 2. The van der Waals surface area contributed by atoms with Gasteiger partial charge in [0.15, 0.2) is 11.3 Å². The Kier molecular flexibility index (Phi) is 5.30. The number of anilines is 2. The average Bonchev–Trinajstić information content (AvgIpc) is 3.29. The van der Waals surface area contributed by atoms with Crippen LogP contribution >= 0.6 is 0 Å². The van der Waals surface area contributed by atoms with Crippen LogP contribution in [0.5, 0.6) is 0 Å². The van der Waals surface area contributed by atoms with Gasteiger partial charge in [0, 0.05) is 37.0 Å². The first-order chi connectivity index (χ1) is 15.5. The van der Waals surface area contributed by atoms with Crippen LogP contribution in [0, 0.1) is 5.82 Å². The fourth-order valence-corrected chi connectivity index (χ4v) is 4.64. The molecule has 3 heterocycles. The third-order valence-corrected chi connectivity index (χ3v) is 6.17. The van der Waals surface area contributed by atoms with Gasteiger partial charge in [0.25, 0.3) is 0 Å². The smallest absolute Gasteiger partial charge is 0.335 e. The molecule has 3 aromatic rings. The molecule has 0 saturated carbocycles. The number of rotatable bonds is 4. The van der Waals surface area contributed by atoms with Crippen molar-refractivity contribution < 1.29 is 23.4 Å². The molecule has 2 aliphatic heterocycles. The van der Waals surface area contributed by atoms with E-state index in [2.05, 4.69) is 0 Å². The van der Waals surface area contributed by atoms with Gasteiger partial charge in [-0.2, -0.15) is 0 Å². The predicted molar refractivity (Wildman–Crippen MR) is 118 cm³/mol. The average molecular weight is 438 g/mol. The van der Waals surface area contributed by atoms with Gasteiger partial charge in [-0.15, -0.1) is 0 Å². The molecule has 1 aromatic heterocycles. The van der Waals surface area contributed by atoms with E-state index in [0.717, 1.165) is 12.8 Å². The van der Waals surface area contributed by atoms with Crippen LogP contribution in [-0.2, 0) is 4.74 Å². The zero-order valence-electron chi connectivity index (χ0n) is 17.4. The molecule has 0 radical (unpaired) electrons. The van der Waals surface area contributed by atoms with Crippen LogP contribution in [0.25, 0.3) is 11.0 Å². The summed E-state index contributed by atoms with van der Waals surface area (Å²) in [6, 6.07) is 10.5.